The van der Waals surface area contributed by atoms with E-state index in [0.717, 1.165) is 90.1 Å². The van der Waals surface area contributed by atoms with Crippen LogP contribution < -0.4 is 0 Å². The van der Waals surface area contributed by atoms with Gasteiger partial charge in [0.15, 0.2) is 0 Å². The molecule has 0 spiro atoms. The lowest BCUT2D eigenvalue weighted by molar-refractivity contribution is 1.15. The van der Waals surface area contributed by atoms with Gasteiger partial charge in [0, 0.05) is 77.0 Å². The van der Waals surface area contributed by atoms with E-state index in [4.69, 9.17) is 15.0 Å². The molecule has 382 valence electrons. The molecule has 17 aromatic rings. The van der Waals surface area contributed by atoms with Crippen LogP contribution in [-0.2, 0) is 0 Å². The Morgan fingerprint density at radius 3 is 0.780 bits per heavy atom. The van der Waals surface area contributed by atoms with E-state index in [9.17, 15) is 0 Å². The summed E-state index contributed by atoms with van der Waals surface area (Å²) < 4.78 is 9.74. The molecule has 0 saturated heterocycles. The maximum absolute atomic E-state index is 5.32. The average molecular weight is 1050 g/mol. The van der Waals surface area contributed by atoms with Gasteiger partial charge in [-0.25, -0.2) is 15.0 Å². The topological polar surface area (TPSA) is 58.4 Å². The largest absolute Gasteiger partial charge is 0.307 e. The van der Waals surface area contributed by atoms with Crippen molar-refractivity contribution in [3.05, 3.63) is 285 Å². The molecule has 82 heavy (non-hydrogen) atoms. The predicted molar refractivity (Wildman–Crippen MR) is 339 cm³/mol. The first-order chi connectivity index (χ1) is 40.7. The smallest absolute Gasteiger partial charge is 0.0894 e. The summed E-state index contributed by atoms with van der Waals surface area (Å²) in [6.07, 6.45) is 0. The van der Waals surface area contributed by atoms with Gasteiger partial charge >= 0.3 is 0 Å². The molecule has 17 rings (SSSR count). The number of para-hydroxylation sites is 6. The molecule has 7 nitrogen and oxygen atoms in total. The Kier molecular flexibility index (Phi) is 10.2. The molecule has 0 aliphatic rings. The third kappa shape index (κ3) is 7.00. The molecule has 0 atom stereocenters. The molecule has 0 fully saturated rings. The van der Waals surface area contributed by atoms with Crippen LogP contribution >= 0.6 is 0 Å². The second kappa shape index (κ2) is 18.2. The Balaban J connectivity index is 0.745. The van der Waals surface area contributed by atoms with Crippen LogP contribution in [0, 0.1) is 0 Å². The fourth-order valence-corrected chi connectivity index (χ4v) is 13.0. The molecule has 0 unspecified atom stereocenters. The summed E-state index contributed by atoms with van der Waals surface area (Å²) in [5, 5.41) is 9.71. The SMILES string of the molecule is c1ccc(-n2c3ccccc3c3ccc4c5ccccc5n(-c5cccc(-c6cccc(-c7cccc(-c8cccc(-c9cccc(-n%10c%11ccccc%11c%11ccc%12c%13ccccc%13n(-c%13ccccc%13)c%12c%11%10)c9)n8)n7)n6)c5)c4c32)cc1. The highest BCUT2D eigenvalue weighted by atomic mass is 15.1. The zero-order chi connectivity index (χ0) is 53.8. The number of rotatable bonds is 8. The zero-order valence-corrected chi connectivity index (χ0v) is 44.3. The summed E-state index contributed by atoms with van der Waals surface area (Å²) in [4.78, 5) is 15.9. The van der Waals surface area contributed by atoms with Gasteiger partial charge in [0.25, 0.3) is 0 Å². The number of benzene rings is 10. The Morgan fingerprint density at radius 2 is 0.439 bits per heavy atom. The highest BCUT2D eigenvalue weighted by Crippen LogP contribution is 2.44. The van der Waals surface area contributed by atoms with E-state index in [2.05, 4.69) is 279 Å². The first-order valence-corrected chi connectivity index (χ1v) is 27.9. The highest BCUT2D eigenvalue weighted by Gasteiger charge is 2.24. The van der Waals surface area contributed by atoms with Gasteiger partial charge in [-0.3, -0.25) is 0 Å². The summed E-state index contributed by atoms with van der Waals surface area (Å²) in [6, 6.07) is 102. The van der Waals surface area contributed by atoms with Crippen molar-refractivity contribution in [3.63, 3.8) is 0 Å². The van der Waals surface area contributed by atoms with Crippen molar-refractivity contribution in [2.75, 3.05) is 0 Å². The molecular weight excluding hydrogens is 999 g/mol. The Labute approximate surface area is 471 Å². The minimum atomic E-state index is 0.772. The normalized spacial score (nSPS) is 11.9. The van der Waals surface area contributed by atoms with Gasteiger partial charge in [-0.05, 0) is 109 Å². The molecule has 0 aliphatic heterocycles. The molecule has 7 heterocycles. The summed E-state index contributed by atoms with van der Waals surface area (Å²) in [6.45, 7) is 0. The van der Waals surface area contributed by atoms with E-state index in [0.29, 0.717) is 0 Å². The van der Waals surface area contributed by atoms with E-state index in [1.807, 2.05) is 24.3 Å². The van der Waals surface area contributed by atoms with Crippen LogP contribution in [0.15, 0.2) is 285 Å². The Hall–Kier alpha value is -11.2. The van der Waals surface area contributed by atoms with Gasteiger partial charge in [-0.15, -0.1) is 0 Å². The molecule has 0 saturated carbocycles. The second-order valence-corrected chi connectivity index (χ2v) is 21.1. The van der Waals surface area contributed by atoms with Gasteiger partial charge < -0.3 is 18.3 Å². The van der Waals surface area contributed by atoms with Crippen molar-refractivity contribution in [2.24, 2.45) is 0 Å². The van der Waals surface area contributed by atoms with Crippen LogP contribution in [0.3, 0.4) is 0 Å². The molecule has 0 bridgehead atoms. The van der Waals surface area contributed by atoms with Crippen LogP contribution in [0.1, 0.15) is 0 Å². The van der Waals surface area contributed by atoms with Crippen molar-refractivity contribution in [1.29, 1.82) is 0 Å². The van der Waals surface area contributed by atoms with Crippen LogP contribution in [0.2, 0.25) is 0 Å². The number of nitrogens with zero attached hydrogens (tertiary/aromatic N) is 7. The molecule has 0 radical (unpaired) electrons. The first kappa shape index (κ1) is 45.8. The Morgan fingerprint density at radius 1 is 0.183 bits per heavy atom. The van der Waals surface area contributed by atoms with Crippen molar-refractivity contribution in [1.82, 2.24) is 33.2 Å². The van der Waals surface area contributed by atoms with Crippen LogP contribution in [0.25, 0.3) is 155 Å². The Bertz CT molecular complexity index is 5080. The molecular formula is C75H47N7. The minimum Gasteiger partial charge on any atom is -0.307 e. The van der Waals surface area contributed by atoms with Gasteiger partial charge in [0.2, 0.25) is 0 Å². The van der Waals surface area contributed by atoms with E-state index in [1.54, 1.807) is 0 Å². The molecule has 0 aliphatic carbocycles. The summed E-state index contributed by atoms with van der Waals surface area (Å²) in [5.74, 6) is 0. The first-order valence-electron chi connectivity index (χ1n) is 27.9. The predicted octanol–water partition coefficient (Wildman–Crippen LogP) is 18.9. The van der Waals surface area contributed by atoms with Gasteiger partial charge in [-0.2, -0.15) is 0 Å². The highest BCUT2D eigenvalue weighted by molar-refractivity contribution is 6.25. The zero-order valence-electron chi connectivity index (χ0n) is 44.3. The number of hydrogen-bond donors (Lipinski definition) is 0. The van der Waals surface area contributed by atoms with E-state index < -0.39 is 0 Å². The molecule has 7 heteroatoms. The number of hydrogen-bond acceptors (Lipinski definition) is 3. The van der Waals surface area contributed by atoms with Crippen LogP contribution in [-0.4, -0.2) is 33.2 Å². The fourth-order valence-electron chi connectivity index (χ4n) is 13.0. The van der Waals surface area contributed by atoms with Crippen molar-refractivity contribution in [2.45, 2.75) is 0 Å². The lowest BCUT2D eigenvalue weighted by atomic mass is 10.1. The van der Waals surface area contributed by atoms with Crippen LogP contribution in [0.4, 0.5) is 0 Å². The van der Waals surface area contributed by atoms with E-state index >= 15 is 0 Å². The fraction of sp³-hybridized carbons (Fsp3) is 0. The molecule has 0 N–H and O–H groups in total. The monoisotopic (exact) mass is 1050 g/mol. The van der Waals surface area contributed by atoms with Crippen molar-refractivity contribution >= 4 is 87.2 Å². The lowest BCUT2D eigenvalue weighted by Gasteiger charge is -2.14. The summed E-state index contributed by atoms with van der Waals surface area (Å²) in [5.41, 5.74) is 20.6. The van der Waals surface area contributed by atoms with E-state index in [-0.39, 0.29) is 0 Å². The summed E-state index contributed by atoms with van der Waals surface area (Å²) >= 11 is 0. The minimum absolute atomic E-state index is 0.772. The standard InChI is InChI=1S/C75H47N7/c1-3-22-50(23-4-1)79-68-38-11-7-28-54(68)58-42-44-60-56-30-9-13-40-70(56)81(74(60)72(58)79)52-26-15-20-48(46-52)62-32-17-34-64(76-62)66-36-19-37-67(78-66)65-35-18-33-63(77-65)49-21-16-27-53(47-49)82-71-41-14-10-31-57(71)61-45-43-59-55-29-8-12-39-69(55)80(73(59)75(61)82)51-24-5-2-6-25-51/h1-47H. The van der Waals surface area contributed by atoms with Gasteiger partial charge in [-0.1, -0.05) is 176 Å². The number of pyridine rings is 3. The number of fused-ring (bicyclic) bond motifs is 14. The molecule has 10 aromatic carbocycles. The quantitative estimate of drug-likeness (QED) is 0.152. The van der Waals surface area contributed by atoms with Crippen LogP contribution in [0.5, 0.6) is 0 Å². The second-order valence-electron chi connectivity index (χ2n) is 21.1. The summed E-state index contributed by atoms with van der Waals surface area (Å²) in [7, 11) is 0. The molecule has 7 aromatic heterocycles. The van der Waals surface area contributed by atoms with Gasteiger partial charge in [0.1, 0.15) is 0 Å². The maximum Gasteiger partial charge on any atom is 0.0894 e. The van der Waals surface area contributed by atoms with E-state index in [1.165, 1.54) is 65.2 Å². The molecule has 0 amide bonds. The third-order valence-corrected chi connectivity index (χ3v) is 16.5. The third-order valence-electron chi connectivity index (χ3n) is 16.5. The lowest BCUT2D eigenvalue weighted by Crippen LogP contribution is -1.99. The van der Waals surface area contributed by atoms with Gasteiger partial charge in [0.05, 0.1) is 78.3 Å². The van der Waals surface area contributed by atoms with Crippen molar-refractivity contribution < 1.29 is 0 Å². The number of aromatic nitrogens is 7. The average Bonchev–Trinajstić information content (AvgIpc) is 4.48. The maximum atomic E-state index is 5.32. The van der Waals surface area contributed by atoms with Crippen molar-refractivity contribution in [3.8, 4) is 68.0 Å².